The molecule has 0 aliphatic heterocycles. The second-order valence-corrected chi connectivity index (χ2v) is 8.28. The molecular formula is C22H24N2O3S. The summed E-state index contributed by atoms with van der Waals surface area (Å²) in [7, 11) is -1.36. The molecule has 0 bridgehead atoms. The van der Waals surface area contributed by atoms with Crippen LogP contribution >= 0.6 is 0 Å². The number of carbonyl (C=O) groups excluding carboxylic acids is 1. The molecule has 2 aromatic carbocycles. The van der Waals surface area contributed by atoms with Gasteiger partial charge in [0, 0.05) is 22.9 Å². The maximum Gasteiger partial charge on any atom is 0.232 e. The lowest BCUT2D eigenvalue weighted by Crippen LogP contribution is -2.28. The van der Waals surface area contributed by atoms with Crippen LogP contribution in [0.1, 0.15) is 28.1 Å². The van der Waals surface area contributed by atoms with Gasteiger partial charge in [0.2, 0.25) is 11.8 Å². The predicted octanol–water partition coefficient (Wildman–Crippen LogP) is 3.83. The van der Waals surface area contributed by atoms with Gasteiger partial charge < -0.3 is 9.73 Å². The van der Waals surface area contributed by atoms with Crippen LogP contribution in [0.5, 0.6) is 0 Å². The molecule has 0 aliphatic carbocycles. The number of rotatable bonds is 7. The van der Waals surface area contributed by atoms with Crippen molar-refractivity contribution in [2.24, 2.45) is 0 Å². The van der Waals surface area contributed by atoms with Gasteiger partial charge in [-0.1, -0.05) is 48.0 Å². The largest absolute Gasteiger partial charge is 0.441 e. The first-order valence-electron chi connectivity index (χ1n) is 9.12. The molecule has 28 heavy (non-hydrogen) atoms. The Kier molecular flexibility index (Phi) is 6.41. The van der Waals surface area contributed by atoms with Crippen LogP contribution in [-0.4, -0.2) is 20.9 Å². The summed E-state index contributed by atoms with van der Waals surface area (Å²) in [5.41, 5.74) is 4.79. The van der Waals surface area contributed by atoms with E-state index in [1.165, 1.54) is 5.56 Å². The highest BCUT2D eigenvalue weighted by molar-refractivity contribution is 7.84. The standard InChI is InChI=1S/C22H24N2O3S/c1-15-8-10-18(11-9-15)12-23-21(25)14-28(26)13-20-17(3)27-22(24-20)19-7-5-4-6-16(19)2/h4-11H,12-14H2,1-3H3,(H,23,25)/t28-/m0/s1. The average molecular weight is 397 g/mol. The molecule has 1 N–H and O–H groups in total. The van der Waals surface area contributed by atoms with Crippen LogP contribution in [0.25, 0.3) is 11.5 Å². The normalized spacial score (nSPS) is 12.0. The molecule has 0 saturated carbocycles. The fourth-order valence-corrected chi connectivity index (χ4v) is 3.87. The van der Waals surface area contributed by atoms with Crippen molar-refractivity contribution in [1.29, 1.82) is 0 Å². The second-order valence-electron chi connectivity index (χ2n) is 6.83. The molecule has 1 atom stereocenters. The molecule has 0 saturated heterocycles. The number of aryl methyl sites for hydroxylation is 3. The van der Waals surface area contributed by atoms with E-state index in [4.69, 9.17) is 4.42 Å². The number of hydrogen-bond acceptors (Lipinski definition) is 4. The molecule has 3 rings (SSSR count). The Morgan fingerprint density at radius 1 is 1.07 bits per heavy atom. The summed E-state index contributed by atoms with van der Waals surface area (Å²) < 4.78 is 18.2. The van der Waals surface area contributed by atoms with Crippen molar-refractivity contribution >= 4 is 16.7 Å². The molecule has 0 aliphatic rings. The van der Waals surface area contributed by atoms with E-state index in [1.54, 1.807) is 6.92 Å². The van der Waals surface area contributed by atoms with Crippen LogP contribution < -0.4 is 5.32 Å². The van der Waals surface area contributed by atoms with Crippen LogP contribution in [0.2, 0.25) is 0 Å². The van der Waals surface area contributed by atoms with E-state index in [0.29, 0.717) is 23.9 Å². The molecule has 5 nitrogen and oxygen atoms in total. The van der Waals surface area contributed by atoms with E-state index in [1.807, 2.05) is 62.4 Å². The minimum absolute atomic E-state index is 0.0577. The average Bonchev–Trinajstić information content (AvgIpc) is 3.01. The van der Waals surface area contributed by atoms with E-state index in [0.717, 1.165) is 16.7 Å². The van der Waals surface area contributed by atoms with Crippen LogP contribution in [-0.2, 0) is 27.9 Å². The van der Waals surface area contributed by atoms with Gasteiger partial charge in [0.15, 0.2) is 0 Å². The fourth-order valence-electron chi connectivity index (χ4n) is 2.80. The molecule has 1 aromatic heterocycles. The van der Waals surface area contributed by atoms with Gasteiger partial charge in [-0.15, -0.1) is 0 Å². The van der Waals surface area contributed by atoms with E-state index in [9.17, 15) is 9.00 Å². The molecule has 146 valence electrons. The summed E-state index contributed by atoms with van der Waals surface area (Å²) >= 11 is 0. The van der Waals surface area contributed by atoms with Gasteiger partial charge in [0.05, 0.1) is 11.4 Å². The first-order chi connectivity index (χ1) is 13.4. The molecule has 0 spiro atoms. The smallest absolute Gasteiger partial charge is 0.232 e. The molecular weight excluding hydrogens is 372 g/mol. The molecule has 0 radical (unpaired) electrons. The summed E-state index contributed by atoms with van der Waals surface area (Å²) in [5, 5.41) is 2.81. The van der Waals surface area contributed by atoms with E-state index in [-0.39, 0.29) is 17.4 Å². The molecule has 1 amide bonds. The number of nitrogens with one attached hydrogen (secondary N) is 1. The van der Waals surface area contributed by atoms with Crippen LogP contribution in [0.15, 0.2) is 52.9 Å². The molecule has 6 heteroatoms. The number of carbonyl (C=O) groups is 1. The van der Waals surface area contributed by atoms with Crippen molar-refractivity contribution in [3.8, 4) is 11.5 Å². The van der Waals surface area contributed by atoms with E-state index in [2.05, 4.69) is 10.3 Å². The van der Waals surface area contributed by atoms with Crippen molar-refractivity contribution < 1.29 is 13.4 Å². The summed E-state index contributed by atoms with van der Waals surface area (Å²) in [6.07, 6.45) is 0. The lowest BCUT2D eigenvalue weighted by atomic mass is 10.1. The van der Waals surface area contributed by atoms with Gasteiger partial charge in [0.25, 0.3) is 0 Å². The Morgan fingerprint density at radius 2 is 1.79 bits per heavy atom. The lowest BCUT2D eigenvalue weighted by Gasteiger charge is -2.05. The van der Waals surface area contributed by atoms with Crippen LogP contribution in [0.4, 0.5) is 0 Å². The number of amides is 1. The fraction of sp³-hybridized carbons (Fsp3) is 0.273. The molecule has 0 unspecified atom stereocenters. The Balaban J connectivity index is 1.56. The van der Waals surface area contributed by atoms with E-state index < -0.39 is 10.8 Å². The van der Waals surface area contributed by atoms with Gasteiger partial charge in [-0.25, -0.2) is 4.98 Å². The van der Waals surface area contributed by atoms with Crippen LogP contribution in [0, 0.1) is 20.8 Å². The highest BCUT2D eigenvalue weighted by Crippen LogP contribution is 2.25. The summed E-state index contributed by atoms with van der Waals surface area (Å²) in [5.74, 6) is 1.05. The number of oxazole rings is 1. The number of hydrogen-bond donors (Lipinski definition) is 1. The van der Waals surface area contributed by atoms with Gasteiger partial charge in [-0.05, 0) is 38.0 Å². The maximum absolute atomic E-state index is 12.4. The van der Waals surface area contributed by atoms with Gasteiger partial charge in [-0.3, -0.25) is 9.00 Å². The van der Waals surface area contributed by atoms with Crippen molar-refractivity contribution in [2.75, 3.05) is 5.75 Å². The minimum Gasteiger partial charge on any atom is -0.441 e. The topological polar surface area (TPSA) is 72.2 Å². The van der Waals surface area contributed by atoms with Crippen molar-refractivity contribution in [3.05, 3.63) is 76.7 Å². The van der Waals surface area contributed by atoms with Crippen molar-refractivity contribution in [3.63, 3.8) is 0 Å². The zero-order valence-electron chi connectivity index (χ0n) is 16.3. The van der Waals surface area contributed by atoms with Crippen LogP contribution in [0.3, 0.4) is 0 Å². The third kappa shape index (κ3) is 5.16. The highest BCUT2D eigenvalue weighted by atomic mass is 32.2. The van der Waals surface area contributed by atoms with E-state index >= 15 is 0 Å². The van der Waals surface area contributed by atoms with Crippen molar-refractivity contribution in [1.82, 2.24) is 10.3 Å². The van der Waals surface area contributed by atoms with Gasteiger partial charge >= 0.3 is 0 Å². The summed E-state index contributed by atoms with van der Waals surface area (Å²) in [6, 6.07) is 15.8. The summed E-state index contributed by atoms with van der Waals surface area (Å²) in [6.45, 7) is 6.24. The Morgan fingerprint density at radius 3 is 2.50 bits per heavy atom. The highest BCUT2D eigenvalue weighted by Gasteiger charge is 2.16. The quantitative estimate of drug-likeness (QED) is 0.659. The first kappa shape index (κ1) is 20.0. The third-order valence-electron chi connectivity index (χ3n) is 4.47. The lowest BCUT2D eigenvalue weighted by molar-refractivity contribution is -0.118. The van der Waals surface area contributed by atoms with Crippen molar-refractivity contribution in [2.45, 2.75) is 33.1 Å². The predicted molar refractivity (Wildman–Crippen MR) is 111 cm³/mol. The van der Waals surface area contributed by atoms with Gasteiger partial charge in [0.1, 0.15) is 11.5 Å². The Labute approximate surface area is 167 Å². The molecule has 3 aromatic rings. The second kappa shape index (κ2) is 8.97. The third-order valence-corrected chi connectivity index (χ3v) is 5.65. The Hall–Kier alpha value is -2.73. The Bertz CT molecular complexity index is 993. The zero-order valence-corrected chi connectivity index (χ0v) is 17.1. The monoisotopic (exact) mass is 396 g/mol. The number of nitrogens with zero attached hydrogens (tertiary/aromatic N) is 1. The SMILES string of the molecule is Cc1ccc(CNC(=O)C[S@@](=O)Cc2nc(-c3ccccc3C)oc2C)cc1. The first-order valence-corrected chi connectivity index (χ1v) is 10.6. The summed E-state index contributed by atoms with van der Waals surface area (Å²) in [4.78, 5) is 16.6. The zero-order chi connectivity index (χ0) is 20.1. The number of aromatic nitrogens is 1. The number of benzene rings is 2. The molecule has 1 heterocycles. The maximum atomic E-state index is 12.4. The minimum atomic E-state index is -1.36. The molecule has 0 fully saturated rings. The van der Waals surface area contributed by atoms with Gasteiger partial charge in [-0.2, -0.15) is 0 Å².